The van der Waals surface area contributed by atoms with Gasteiger partial charge in [-0.05, 0) is 62.2 Å². The molecule has 2 aliphatic rings. The monoisotopic (exact) mass is 586 g/mol. The Labute approximate surface area is 255 Å². The zero-order chi connectivity index (χ0) is 30.1. The quantitative estimate of drug-likeness (QED) is 0.271. The minimum absolute atomic E-state index is 0.143. The van der Waals surface area contributed by atoms with Gasteiger partial charge in [0.05, 0.1) is 42.3 Å². The number of anilines is 1. The van der Waals surface area contributed by atoms with Crippen LogP contribution in [0.3, 0.4) is 0 Å². The molecule has 1 N–H and O–H groups in total. The van der Waals surface area contributed by atoms with E-state index >= 15 is 0 Å². The number of nitrogens with one attached hydrogen (secondary N) is 1. The minimum Gasteiger partial charge on any atom is -0.379 e. The van der Waals surface area contributed by atoms with Gasteiger partial charge in [0.1, 0.15) is 11.4 Å². The van der Waals surface area contributed by atoms with E-state index in [0.29, 0.717) is 42.6 Å². The van der Waals surface area contributed by atoms with Gasteiger partial charge in [0.2, 0.25) is 0 Å². The van der Waals surface area contributed by atoms with E-state index in [-0.39, 0.29) is 11.3 Å². The number of rotatable bonds is 8. The fourth-order valence-corrected chi connectivity index (χ4v) is 6.22. The van der Waals surface area contributed by atoms with Crippen LogP contribution in [-0.4, -0.2) is 61.5 Å². The van der Waals surface area contributed by atoms with Crippen molar-refractivity contribution in [3.63, 3.8) is 0 Å². The average molecular weight is 587 g/mol. The van der Waals surface area contributed by atoms with Crippen LogP contribution in [0, 0.1) is 18.3 Å². The number of carbonyl (C=O) groups excluding carboxylic acids is 1. The van der Waals surface area contributed by atoms with Crippen molar-refractivity contribution in [2.75, 3.05) is 31.6 Å². The molecule has 2 aromatic carbocycles. The van der Waals surface area contributed by atoms with Crippen molar-refractivity contribution in [3.05, 3.63) is 107 Å². The molecule has 10 nitrogen and oxygen atoms in total. The van der Waals surface area contributed by atoms with Crippen molar-refractivity contribution in [1.29, 1.82) is 5.26 Å². The Bertz CT molecular complexity index is 1820. The molecule has 1 amide bonds. The minimum atomic E-state index is -0.275. The van der Waals surface area contributed by atoms with Gasteiger partial charge >= 0.3 is 0 Å². The van der Waals surface area contributed by atoms with Crippen molar-refractivity contribution >= 4 is 17.4 Å². The molecule has 0 unspecified atom stereocenters. The summed E-state index contributed by atoms with van der Waals surface area (Å²) in [4.78, 5) is 20.2. The van der Waals surface area contributed by atoms with Crippen molar-refractivity contribution in [3.8, 4) is 11.8 Å². The maximum Gasteiger partial charge on any atom is 0.262 e. The van der Waals surface area contributed by atoms with Crippen LogP contribution in [0.5, 0.6) is 0 Å². The Morgan fingerprint density at radius 3 is 2.59 bits per heavy atom. The molecule has 0 saturated carbocycles. The third-order valence-electron chi connectivity index (χ3n) is 8.92. The highest BCUT2D eigenvalue weighted by atomic mass is 16.5. The van der Waals surface area contributed by atoms with E-state index < -0.39 is 0 Å². The van der Waals surface area contributed by atoms with Crippen LogP contribution >= 0.6 is 0 Å². The van der Waals surface area contributed by atoms with E-state index in [1.54, 1.807) is 29.2 Å². The summed E-state index contributed by atoms with van der Waals surface area (Å²) in [5, 5.41) is 21.6. The van der Waals surface area contributed by atoms with E-state index in [9.17, 15) is 10.1 Å². The van der Waals surface area contributed by atoms with Gasteiger partial charge in [-0.15, -0.1) is 0 Å². The molecule has 0 radical (unpaired) electrons. The Morgan fingerprint density at radius 1 is 1.11 bits per heavy atom. The third kappa shape index (κ3) is 5.36. The molecule has 2 aliphatic heterocycles. The van der Waals surface area contributed by atoms with Crippen molar-refractivity contribution in [1.82, 2.24) is 29.3 Å². The molecular formula is C34H34N8O2. The number of amides is 1. The van der Waals surface area contributed by atoms with Crippen molar-refractivity contribution in [2.24, 2.45) is 0 Å². The first-order chi connectivity index (χ1) is 21.5. The fourth-order valence-electron chi connectivity index (χ4n) is 6.22. The van der Waals surface area contributed by atoms with Gasteiger partial charge in [0.25, 0.3) is 5.91 Å². The maximum absolute atomic E-state index is 13.4. The first-order valence-corrected chi connectivity index (χ1v) is 15.0. The number of ether oxygens (including phenoxy) is 1. The first kappa shape index (κ1) is 28.0. The number of nitriles is 1. The SMILES string of the molecule is Cc1ccc(-n2nc(C3CCN(Cc4ccc(C5(CC#N)COC5)cc4)CC3)cc2NC(=O)c2cnn3cccnc23)cc1. The second kappa shape index (κ2) is 11.7. The normalized spacial score (nSPS) is 16.8. The maximum atomic E-state index is 13.4. The zero-order valence-corrected chi connectivity index (χ0v) is 24.7. The summed E-state index contributed by atoms with van der Waals surface area (Å²) in [5.41, 5.74) is 6.27. The van der Waals surface area contributed by atoms with Gasteiger partial charge in [-0.1, -0.05) is 42.0 Å². The number of aryl methyl sites for hydroxylation is 1. The third-order valence-corrected chi connectivity index (χ3v) is 8.92. The van der Waals surface area contributed by atoms with Crippen LogP contribution in [-0.2, 0) is 16.7 Å². The second-order valence-corrected chi connectivity index (χ2v) is 12.0. The van der Waals surface area contributed by atoms with Crippen LogP contribution in [0.25, 0.3) is 11.3 Å². The topological polar surface area (TPSA) is 113 Å². The smallest absolute Gasteiger partial charge is 0.262 e. The molecular weight excluding hydrogens is 552 g/mol. The number of hydrogen-bond acceptors (Lipinski definition) is 7. The number of piperidine rings is 1. The van der Waals surface area contributed by atoms with E-state index in [0.717, 1.165) is 49.4 Å². The number of benzene rings is 2. The zero-order valence-electron chi connectivity index (χ0n) is 24.7. The summed E-state index contributed by atoms with van der Waals surface area (Å²) < 4.78 is 8.86. The molecule has 44 heavy (non-hydrogen) atoms. The summed E-state index contributed by atoms with van der Waals surface area (Å²) in [6.45, 7) is 6.11. The highest BCUT2D eigenvalue weighted by molar-refractivity contribution is 6.07. The molecule has 2 fully saturated rings. The number of nitrogens with zero attached hydrogens (tertiary/aromatic N) is 7. The van der Waals surface area contributed by atoms with Gasteiger partial charge in [-0.2, -0.15) is 15.5 Å². The largest absolute Gasteiger partial charge is 0.379 e. The summed E-state index contributed by atoms with van der Waals surface area (Å²) in [5.74, 6) is 0.638. The van der Waals surface area contributed by atoms with E-state index in [4.69, 9.17) is 9.84 Å². The standard InChI is InChI=1S/C34H34N8O2/c1-24-3-9-28(10-4-24)42-31(38-33(43)29-20-37-41-16-2-15-36-32(29)41)19-30(39-42)26-11-17-40(18-12-26)21-25-5-7-27(8-6-25)34(13-14-35)22-44-23-34/h2-10,15-16,19-20,26H,11-13,17-18,21-23H2,1H3,(H,38,43). The van der Waals surface area contributed by atoms with Gasteiger partial charge in [0.15, 0.2) is 5.65 Å². The number of likely N-dealkylation sites (tertiary alicyclic amines) is 1. The molecule has 222 valence electrons. The number of fused-ring (bicyclic) bond motifs is 1. The number of aromatic nitrogens is 5. The predicted molar refractivity (Wildman–Crippen MR) is 166 cm³/mol. The fraction of sp³-hybridized carbons (Fsp3) is 0.324. The molecule has 10 heteroatoms. The highest BCUT2D eigenvalue weighted by Crippen LogP contribution is 2.36. The lowest BCUT2D eigenvalue weighted by Crippen LogP contribution is -2.46. The lowest BCUT2D eigenvalue weighted by Gasteiger charge is -2.40. The van der Waals surface area contributed by atoms with E-state index in [2.05, 4.69) is 57.6 Å². The predicted octanol–water partition coefficient (Wildman–Crippen LogP) is 5.04. The molecule has 0 bridgehead atoms. The highest BCUT2D eigenvalue weighted by Gasteiger charge is 2.40. The molecule has 3 aromatic heterocycles. The lowest BCUT2D eigenvalue weighted by atomic mass is 9.76. The van der Waals surface area contributed by atoms with Gasteiger partial charge in [-0.3, -0.25) is 9.69 Å². The van der Waals surface area contributed by atoms with E-state index in [1.165, 1.54) is 11.1 Å². The first-order valence-electron chi connectivity index (χ1n) is 15.0. The number of carbonyl (C=O) groups is 1. The average Bonchev–Trinajstić information content (AvgIpc) is 3.65. The Balaban J connectivity index is 1.05. The Morgan fingerprint density at radius 2 is 1.89 bits per heavy atom. The molecule has 5 aromatic rings. The summed E-state index contributed by atoms with van der Waals surface area (Å²) in [7, 11) is 0. The second-order valence-electron chi connectivity index (χ2n) is 12.0. The molecule has 2 saturated heterocycles. The van der Waals surface area contributed by atoms with Crippen LogP contribution in [0.2, 0.25) is 0 Å². The van der Waals surface area contributed by atoms with Gasteiger partial charge < -0.3 is 10.1 Å². The summed E-state index contributed by atoms with van der Waals surface area (Å²) in [6, 6.07) is 23.0. The number of hydrogen-bond donors (Lipinski definition) is 1. The Kier molecular flexibility index (Phi) is 7.42. The van der Waals surface area contributed by atoms with Crippen molar-refractivity contribution < 1.29 is 9.53 Å². The van der Waals surface area contributed by atoms with Crippen molar-refractivity contribution in [2.45, 2.75) is 44.1 Å². The molecule has 0 atom stereocenters. The molecule has 7 rings (SSSR count). The summed E-state index contributed by atoms with van der Waals surface area (Å²) in [6.07, 6.45) is 7.42. The van der Waals surface area contributed by atoms with Crippen LogP contribution < -0.4 is 5.32 Å². The van der Waals surface area contributed by atoms with Gasteiger partial charge in [0, 0.05) is 37.3 Å². The molecule has 0 spiro atoms. The lowest BCUT2D eigenvalue weighted by molar-refractivity contribution is -0.0577. The van der Waals surface area contributed by atoms with Crippen LogP contribution in [0.15, 0.2) is 79.3 Å². The summed E-state index contributed by atoms with van der Waals surface area (Å²) >= 11 is 0. The molecule has 5 heterocycles. The van der Waals surface area contributed by atoms with Crippen LogP contribution in [0.4, 0.5) is 5.82 Å². The molecule has 0 aliphatic carbocycles. The van der Waals surface area contributed by atoms with Gasteiger partial charge in [-0.25, -0.2) is 14.2 Å². The van der Waals surface area contributed by atoms with Crippen LogP contribution in [0.1, 0.15) is 57.9 Å². The van der Waals surface area contributed by atoms with E-state index in [1.807, 2.05) is 35.0 Å². The Hall–Kier alpha value is -4.85.